The van der Waals surface area contributed by atoms with Crippen LogP contribution < -0.4 is 4.90 Å². The Kier molecular flexibility index (Phi) is 6.20. The minimum atomic E-state index is -0.245. The third-order valence-electron chi connectivity index (χ3n) is 1.56. The molecular weight excluding hydrogens is 178 g/mol. The van der Waals surface area contributed by atoms with Gasteiger partial charge in [-0.2, -0.15) is 0 Å². The number of benzene rings is 1. The average molecular weight is 195 g/mol. The number of rotatable bonds is 1. The van der Waals surface area contributed by atoms with Gasteiger partial charge in [-0.15, -0.1) is 0 Å². The summed E-state index contributed by atoms with van der Waals surface area (Å²) in [6.07, 6.45) is 0. The predicted molar refractivity (Wildman–Crippen MR) is 58.5 cm³/mol. The molecule has 1 rings (SSSR count). The molecule has 0 spiro atoms. The van der Waals surface area contributed by atoms with Crippen molar-refractivity contribution in [2.45, 2.75) is 6.92 Å². The zero-order chi connectivity index (χ0) is 11.0. The molecule has 0 aromatic heterocycles. The van der Waals surface area contributed by atoms with Crippen LogP contribution >= 0.6 is 0 Å². The van der Waals surface area contributed by atoms with Crippen LogP contribution in [0.15, 0.2) is 30.3 Å². The highest BCUT2D eigenvalue weighted by Crippen LogP contribution is 2.07. The van der Waals surface area contributed by atoms with Gasteiger partial charge in [0.15, 0.2) is 0 Å². The van der Waals surface area contributed by atoms with Gasteiger partial charge in [0.25, 0.3) is 0 Å². The fourth-order valence-corrected chi connectivity index (χ4v) is 0.726. The van der Waals surface area contributed by atoms with Crippen molar-refractivity contribution in [2.24, 2.45) is 0 Å². The van der Waals surface area contributed by atoms with E-state index in [1.165, 1.54) is 19.7 Å². The lowest BCUT2D eigenvalue weighted by Gasteiger charge is -2.10. The lowest BCUT2D eigenvalue weighted by Crippen LogP contribution is -2.07. The summed E-state index contributed by atoms with van der Waals surface area (Å²) in [4.78, 5) is 11.7. The summed E-state index contributed by atoms with van der Waals surface area (Å²) in [5, 5.41) is 0. The van der Waals surface area contributed by atoms with Gasteiger partial charge in [0, 0.05) is 26.7 Å². The van der Waals surface area contributed by atoms with Crippen molar-refractivity contribution in [3.8, 4) is 0 Å². The number of anilines is 1. The molecule has 1 aromatic rings. The summed E-state index contributed by atoms with van der Waals surface area (Å²) in [6.45, 7) is 1.36. The first-order valence-corrected chi connectivity index (χ1v) is 4.35. The third kappa shape index (κ3) is 6.06. The zero-order valence-electron chi connectivity index (χ0n) is 9.15. The molecule has 1 aromatic carbocycles. The highest BCUT2D eigenvalue weighted by Gasteiger charge is 1.87. The van der Waals surface area contributed by atoms with Crippen LogP contribution in [0.4, 0.5) is 5.69 Å². The first-order chi connectivity index (χ1) is 6.57. The number of carbonyl (C=O) groups is 1. The highest BCUT2D eigenvalue weighted by atomic mass is 16.5. The van der Waals surface area contributed by atoms with E-state index in [4.69, 9.17) is 0 Å². The first-order valence-electron chi connectivity index (χ1n) is 4.35. The summed E-state index contributed by atoms with van der Waals surface area (Å²) in [5.74, 6) is -0.245. The Morgan fingerprint density at radius 1 is 1.21 bits per heavy atom. The standard InChI is InChI=1S/C8H11N.C3H6O2/c1-9(2)8-6-4-3-5-7-8;1-3(4)5-2/h3-7H,1-2H3;1-2H3. The van der Waals surface area contributed by atoms with Gasteiger partial charge in [-0.1, -0.05) is 18.2 Å². The molecule has 3 nitrogen and oxygen atoms in total. The van der Waals surface area contributed by atoms with E-state index in [2.05, 4.69) is 21.8 Å². The van der Waals surface area contributed by atoms with Gasteiger partial charge in [0.1, 0.15) is 0 Å². The topological polar surface area (TPSA) is 29.5 Å². The number of para-hydroxylation sites is 1. The second-order valence-electron chi connectivity index (χ2n) is 2.93. The lowest BCUT2D eigenvalue weighted by molar-refractivity contribution is -0.137. The van der Waals surface area contributed by atoms with Crippen molar-refractivity contribution in [3.05, 3.63) is 30.3 Å². The molecule has 0 aliphatic heterocycles. The number of ether oxygens (including phenoxy) is 1. The molecule has 0 fully saturated rings. The summed E-state index contributed by atoms with van der Waals surface area (Å²) >= 11 is 0. The Labute approximate surface area is 85.3 Å². The Bertz CT molecular complexity index is 257. The van der Waals surface area contributed by atoms with Gasteiger partial charge < -0.3 is 9.64 Å². The summed E-state index contributed by atoms with van der Waals surface area (Å²) in [5.41, 5.74) is 1.25. The second-order valence-corrected chi connectivity index (χ2v) is 2.93. The third-order valence-corrected chi connectivity index (χ3v) is 1.56. The van der Waals surface area contributed by atoms with E-state index in [1.54, 1.807) is 0 Å². The van der Waals surface area contributed by atoms with Gasteiger partial charge in [0.2, 0.25) is 0 Å². The average Bonchev–Trinajstić information content (AvgIpc) is 2.20. The first kappa shape index (κ1) is 12.5. The smallest absolute Gasteiger partial charge is 0.302 e. The Hall–Kier alpha value is -1.51. The number of esters is 1. The minimum Gasteiger partial charge on any atom is -0.469 e. The summed E-state index contributed by atoms with van der Waals surface area (Å²) in [6, 6.07) is 10.3. The molecule has 0 saturated heterocycles. The van der Waals surface area contributed by atoms with Crippen molar-refractivity contribution >= 4 is 11.7 Å². The number of hydrogen-bond donors (Lipinski definition) is 0. The van der Waals surface area contributed by atoms with E-state index in [9.17, 15) is 4.79 Å². The second kappa shape index (κ2) is 6.95. The molecule has 3 heteroatoms. The maximum Gasteiger partial charge on any atom is 0.302 e. The summed E-state index contributed by atoms with van der Waals surface area (Å²) < 4.78 is 4.11. The van der Waals surface area contributed by atoms with E-state index in [1.807, 2.05) is 32.3 Å². The van der Waals surface area contributed by atoms with Crippen LogP contribution in [0.3, 0.4) is 0 Å². The highest BCUT2D eigenvalue weighted by molar-refractivity contribution is 5.65. The molecule has 14 heavy (non-hydrogen) atoms. The van der Waals surface area contributed by atoms with Crippen LogP contribution in [0, 0.1) is 0 Å². The Morgan fingerprint density at radius 2 is 1.64 bits per heavy atom. The molecule has 0 radical (unpaired) electrons. The van der Waals surface area contributed by atoms with E-state index >= 15 is 0 Å². The predicted octanol–water partition coefficient (Wildman–Crippen LogP) is 1.93. The SMILES string of the molecule is CN(C)c1ccccc1.COC(C)=O. The molecule has 0 bridgehead atoms. The summed E-state index contributed by atoms with van der Waals surface area (Å²) in [7, 11) is 5.42. The Balaban J connectivity index is 0.000000292. The van der Waals surface area contributed by atoms with Crippen molar-refractivity contribution in [1.82, 2.24) is 0 Å². The van der Waals surface area contributed by atoms with Gasteiger partial charge in [-0.25, -0.2) is 0 Å². The van der Waals surface area contributed by atoms with Gasteiger partial charge >= 0.3 is 5.97 Å². The minimum absolute atomic E-state index is 0.245. The molecule has 0 unspecified atom stereocenters. The van der Waals surface area contributed by atoms with E-state index in [0.717, 1.165) is 0 Å². The van der Waals surface area contributed by atoms with Crippen molar-refractivity contribution in [1.29, 1.82) is 0 Å². The quantitative estimate of drug-likeness (QED) is 0.641. The molecule has 0 aliphatic rings. The fourth-order valence-electron chi connectivity index (χ4n) is 0.726. The van der Waals surface area contributed by atoms with E-state index in [0.29, 0.717) is 0 Å². The van der Waals surface area contributed by atoms with Gasteiger partial charge in [0.05, 0.1) is 7.11 Å². The fraction of sp³-hybridized carbons (Fsp3) is 0.364. The number of nitrogens with zero attached hydrogens (tertiary/aromatic N) is 1. The maximum atomic E-state index is 9.59. The maximum absolute atomic E-state index is 9.59. The Morgan fingerprint density at radius 3 is 1.86 bits per heavy atom. The normalized spacial score (nSPS) is 8.29. The number of carbonyl (C=O) groups excluding carboxylic acids is 1. The molecule has 78 valence electrons. The van der Waals surface area contributed by atoms with Crippen LogP contribution in [-0.2, 0) is 9.53 Å². The van der Waals surface area contributed by atoms with Gasteiger partial charge in [-0.05, 0) is 12.1 Å². The van der Waals surface area contributed by atoms with Crippen LogP contribution in [0.25, 0.3) is 0 Å². The van der Waals surface area contributed by atoms with Crippen LogP contribution in [-0.4, -0.2) is 27.2 Å². The monoisotopic (exact) mass is 195 g/mol. The van der Waals surface area contributed by atoms with Crippen LogP contribution in [0.2, 0.25) is 0 Å². The molecule has 0 N–H and O–H groups in total. The largest absolute Gasteiger partial charge is 0.469 e. The van der Waals surface area contributed by atoms with Crippen LogP contribution in [0.5, 0.6) is 0 Å². The molecule has 0 amide bonds. The zero-order valence-corrected chi connectivity index (χ0v) is 9.15. The molecule has 0 atom stereocenters. The van der Waals surface area contributed by atoms with Crippen molar-refractivity contribution < 1.29 is 9.53 Å². The van der Waals surface area contributed by atoms with Crippen LogP contribution in [0.1, 0.15) is 6.92 Å². The van der Waals surface area contributed by atoms with Gasteiger partial charge in [-0.3, -0.25) is 4.79 Å². The molecule has 0 heterocycles. The number of hydrogen-bond acceptors (Lipinski definition) is 3. The van der Waals surface area contributed by atoms with E-state index < -0.39 is 0 Å². The lowest BCUT2D eigenvalue weighted by atomic mass is 10.3. The number of methoxy groups -OCH3 is 1. The molecule has 0 aliphatic carbocycles. The van der Waals surface area contributed by atoms with E-state index in [-0.39, 0.29) is 5.97 Å². The molecule has 0 saturated carbocycles. The molecular formula is C11H17NO2. The van der Waals surface area contributed by atoms with Crippen molar-refractivity contribution in [2.75, 3.05) is 26.1 Å². The van der Waals surface area contributed by atoms with Crippen molar-refractivity contribution in [3.63, 3.8) is 0 Å².